The Morgan fingerprint density at radius 3 is 3.00 bits per heavy atom. The van der Waals surface area contributed by atoms with E-state index in [0.717, 1.165) is 63.0 Å². The Labute approximate surface area is 213 Å². The van der Waals surface area contributed by atoms with Crippen LogP contribution >= 0.6 is 22.7 Å². The van der Waals surface area contributed by atoms with Crippen LogP contribution < -0.4 is 16.0 Å². The maximum Gasteiger partial charge on any atom is 0.226 e. The van der Waals surface area contributed by atoms with Crippen LogP contribution in [0, 0.1) is 6.92 Å². The number of thiazole rings is 1. The minimum atomic E-state index is 0.0132. The quantitative estimate of drug-likeness (QED) is 0.287. The van der Waals surface area contributed by atoms with E-state index in [1.54, 1.807) is 29.8 Å². The van der Waals surface area contributed by atoms with Gasteiger partial charge in [0.1, 0.15) is 10.0 Å². The lowest BCUT2D eigenvalue weighted by Crippen LogP contribution is -2.24. The molecular formula is C26H29N5O2S2. The van der Waals surface area contributed by atoms with Crippen LogP contribution in [0.15, 0.2) is 36.7 Å². The van der Waals surface area contributed by atoms with E-state index in [2.05, 4.69) is 46.1 Å². The van der Waals surface area contributed by atoms with Crippen LogP contribution in [0.4, 0.5) is 5.00 Å². The lowest BCUT2D eigenvalue weighted by molar-refractivity contribution is -0.116. The number of nitrogens with one attached hydrogen (secondary N) is 3. The average molecular weight is 508 g/mol. The number of hydrogen-bond acceptors (Lipinski definition) is 8. The van der Waals surface area contributed by atoms with Crippen molar-refractivity contribution in [2.45, 2.75) is 26.3 Å². The van der Waals surface area contributed by atoms with Gasteiger partial charge in [-0.05, 0) is 60.3 Å². The molecule has 0 unspecified atom stereocenters. The fraction of sp³-hybridized carbons (Fsp3) is 0.346. The third kappa shape index (κ3) is 5.29. The topological polar surface area (TPSA) is 88.2 Å². The number of ether oxygens (including phenoxy) is 1. The van der Waals surface area contributed by atoms with E-state index >= 15 is 0 Å². The Bertz CT molecular complexity index is 1350. The highest BCUT2D eigenvalue weighted by Gasteiger charge is 2.25. The van der Waals surface area contributed by atoms with Crippen molar-refractivity contribution in [3.05, 3.63) is 52.7 Å². The van der Waals surface area contributed by atoms with E-state index < -0.39 is 0 Å². The van der Waals surface area contributed by atoms with Crippen molar-refractivity contribution >= 4 is 43.8 Å². The Morgan fingerprint density at radius 2 is 2.14 bits per heavy atom. The molecular weight excluding hydrogens is 478 g/mol. The van der Waals surface area contributed by atoms with Crippen LogP contribution in [0.1, 0.15) is 22.4 Å². The van der Waals surface area contributed by atoms with Gasteiger partial charge in [0.25, 0.3) is 0 Å². The number of benzene rings is 1. The standard InChI is InChI=1S/C26H29N5O2S2/c1-16-14-28-8-5-18(16)17-3-4-21-20(13-17)30-25(34-21)24-19-6-9-29-15-22(19)35-26(24)31-23(32)7-10-27-11-12-33-2/h3-5,8,13-14,27,29H,6-7,9-12,15H2,1-2H3,(H,31,32). The fourth-order valence-corrected chi connectivity index (χ4v) is 6.66. The van der Waals surface area contributed by atoms with E-state index in [-0.39, 0.29) is 5.91 Å². The number of anilines is 1. The van der Waals surface area contributed by atoms with E-state index in [4.69, 9.17) is 9.72 Å². The summed E-state index contributed by atoms with van der Waals surface area (Å²) in [6.45, 7) is 5.83. The first-order valence-corrected chi connectivity index (χ1v) is 13.4. The maximum atomic E-state index is 12.7. The molecule has 0 saturated heterocycles. The largest absolute Gasteiger partial charge is 0.383 e. The van der Waals surface area contributed by atoms with Crippen LogP contribution in [0.25, 0.3) is 31.9 Å². The number of aromatic nitrogens is 2. The Morgan fingerprint density at radius 1 is 1.23 bits per heavy atom. The van der Waals surface area contributed by atoms with Crippen molar-refractivity contribution in [1.29, 1.82) is 0 Å². The summed E-state index contributed by atoms with van der Waals surface area (Å²) < 4.78 is 6.19. The van der Waals surface area contributed by atoms with Gasteiger partial charge in [0.05, 0.1) is 16.8 Å². The van der Waals surface area contributed by atoms with Gasteiger partial charge in [0.15, 0.2) is 0 Å². The number of fused-ring (bicyclic) bond motifs is 2. The summed E-state index contributed by atoms with van der Waals surface area (Å²) in [6.07, 6.45) is 5.07. The molecule has 0 atom stereocenters. The first-order valence-electron chi connectivity index (χ1n) is 11.8. The Kier molecular flexibility index (Phi) is 7.50. The number of carbonyl (C=O) groups is 1. The number of thiophene rings is 1. The normalized spacial score (nSPS) is 13.2. The molecule has 0 bridgehead atoms. The van der Waals surface area contributed by atoms with Gasteiger partial charge in [-0.25, -0.2) is 4.98 Å². The molecule has 0 fully saturated rings. The number of pyridine rings is 1. The summed E-state index contributed by atoms with van der Waals surface area (Å²) in [4.78, 5) is 23.3. The number of methoxy groups -OCH3 is 1. The van der Waals surface area contributed by atoms with E-state index in [1.165, 1.54) is 16.0 Å². The molecule has 35 heavy (non-hydrogen) atoms. The van der Waals surface area contributed by atoms with Gasteiger partial charge in [-0.3, -0.25) is 9.78 Å². The van der Waals surface area contributed by atoms with Gasteiger partial charge in [0, 0.05) is 56.0 Å². The van der Waals surface area contributed by atoms with Gasteiger partial charge < -0.3 is 20.7 Å². The smallest absolute Gasteiger partial charge is 0.226 e. The molecule has 7 nitrogen and oxygen atoms in total. The van der Waals surface area contributed by atoms with Crippen LogP contribution in [-0.2, 0) is 22.5 Å². The minimum absolute atomic E-state index is 0.0132. The number of amides is 1. The fourth-order valence-electron chi connectivity index (χ4n) is 4.34. The third-order valence-corrected chi connectivity index (χ3v) is 8.33. The molecule has 1 aliphatic heterocycles. The number of nitrogens with zero attached hydrogens (tertiary/aromatic N) is 2. The van der Waals surface area contributed by atoms with Crippen molar-refractivity contribution in [2.24, 2.45) is 0 Å². The summed E-state index contributed by atoms with van der Waals surface area (Å²) in [5.41, 5.74) is 6.83. The Hall–Kier alpha value is -2.69. The summed E-state index contributed by atoms with van der Waals surface area (Å²) in [6, 6.07) is 8.50. The van der Waals surface area contributed by atoms with Gasteiger partial charge in [0.2, 0.25) is 5.91 Å². The van der Waals surface area contributed by atoms with Gasteiger partial charge in [-0.15, -0.1) is 22.7 Å². The maximum absolute atomic E-state index is 12.7. The molecule has 5 rings (SSSR count). The molecule has 4 aromatic rings. The van der Waals surface area contributed by atoms with Crippen LogP contribution in [-0.4, -0.2) is 49.2 Å². The molecule has 0 radical (unpaired) electrons. The van der Waals surface area contributed by atoms with Crippen LogP contribution in [0.2, 0.25) is 0 Å². The monoisotopic (exact) mass is 507 g/mol. The van der Waals surface area contributed by atoms with Crippen molar-refractivity contribution < 1.29 is 9.53 Å². The number of rotatable bonds is 9. The SMILES string of the molecule is COCCNCCC(=O)Nc1sc2c(c1-c1nc3cc(-c4ccncc4C)ccc3s1)CCNC2. The molecule has 1 amide bonds. The van der Waals surface area contributed by atoms with Crippen molar-refractivity contribution in [3.8, 4) is 21.7 Å². The highest BCUT2D eigenvalue weighted by Crippen LogP contribution is 2.45. The third-order valence-electron chi connectivity index (χ3n) is 6.13. The molecule has 1 aromatic carbocycles. The molecule has 3 aromatic heterocycles. The molecule has 9 heteroatoms. The van der Waals surface area contributed by atoms with Crippen LogP contribution in [0.3, 0.4) is 0 Å². The summed E-state index contributed by atoms with van der Waals surface area (Å²) in [5, 5.41) is 11.7. The number of aryl methyl sites for hydroxylation is 1. The first kappa shape index (κ1) is 24.0. The zero-order chi connectivity index (χ0) is 24.2. The molecule has 1 aliphatic rings. The minimum Gasteiger partial charge on any atom is -0.383 e. The predicted molar refractivity (Wildman–Crippen MR) is 144 cm³/mol. The van der Waals surface area contributed by atoms with Gasteiger partial charge in [-0.2, -0.15) is 0 Å². The predicted octanol–water partition coefficient (Wildman–Crippen LogP) is 4.61. The summed E-state index contributed by atoms with van der Waals surface area (Å²) >= 11 is 3.36. The molecule has 0 saturated carbocycles. The molecule has 0 aliphatic carbocycles. The zero-order valence-electron chi connectivity index (χ0n) is 19.9. The van der Waals surface area contributed by atoms with E-state index in [1.807, 2.05) is 18.5 Å². The number of hydrogen-bond donors (Lipinski definition) is 3. The summed E-state index contributed by atoms with van der Waals surface area (Å²) in [7, 11) is 1.67. The second-order valence-corrected chi connectivity index (χ2v) is 10.7. The average Bonchev–Trinajstić information content (AvgIpc) is 3.44. The molecule has 0 spiro atoms. The van der Waals surface area contributed by atoms with Crippen LogP contribution in [0.5, 0.6) is 0 Å². The lowest BCUT2D eigenvalue weighted by atomic mass is 10.0. The van der Waals surface area contributed by atoms with Gasteiger partial charge in [-0.1, -0.05) is 6.07 Å². The summed E-state index contributed by atoms with van der Waals surface area (Å²) in [5.74, 6) is 0.0132. The van der Waals surface area contributed by atoms with E-state index in [0.29, 0.717) is 19.6 Å². The molecule has 4 heterocycles. The highest BCUT2D eigenvalue weighted by atomic mass is 32.1. The first-order chi connectivity index (χ1) is 17.1. The van der Waals surface area contributed by atoms with Crippen molar-refractivity contribution in [3.63, 3.8) is 0 Å². The van der Waals surface area contributed by atoms with Crippen molar-refractivity contribution in [2.75, 3.05) is 38.7 Å². The highest BCUT2D eigenvalue weighted by molar-refractivity contribution is 7.23. The van der Waals surface area contributed by atoms with Crippen molar-refractivity contribution in [1.82, 2.24) is 20.6 Å². The van der Waals surface area contributed by atoms with E-state index in [9.17, 15) is 4.79 Å². The second kappa shape index (κ2) is 10.9. The number of carbonyl (C=O) groups excluding carboxylic acids is 1. The van der Waals surface area contributed by atoms with Gasteiger partial charge >= 0.3 is 0 Å². The zero-order valence-corrected chi connectivity index (χ0v) is 21.6. The molecule has 182 valence electrons. The Balaban J connectivity index is 1.44. The second-order valence-electron chi connectivity index (χ2n) is 8.57. The molecule has 3 N–H and O–H groups in total. The lowest BCUT2D eigenvalue weighted by Gasteiger charge is -2.13.